The van der Waals surface area contributed by atoms with Gasteiger partial charge < -0.3 is 13.7 Å². The molecule has 2 atom stereocenters. The van der Waals surface area contributed by atoms with Crippen molar-refractivity contribution in [1.29, 1.82) is 0 Å². The number of likely N-dealkylation sites (tertiary alicyclic amines) is 1. The Labute approximate surface area is 130 Å². The lowest BCUT2D eigenvalue weighted by atomic mass is 9.88. The van der Waals surface area contributed by atoms with Gasteiger partial charge in [0.1, 0.15) is 11.5 Å². The third-order valence-corrected chi connectivity index (χ3v) is 4.93. The van der Waals surface area contributed by atoms with Crippen LogP contribution in [0.2, 0.25) is 0 Å². The molecule has 0 unspecified atom stereocenters. The minimum Gasteiger partial charge on any atom is -0.465 e. The van der Waals surface area contributed by atoms with Crippen molar-refractivity contribution in [3.8, 4) is 0 Å². The van der Waals surface area contributed by atoms with Gasteiger partial charge in [-0.05, 0) is 38.4 Å². The lowest BCUT2D eigenvalue weighted by Crippen LogP contribution is -2.47. The fourth-order valence-corrected chi connectivity index (χ4v) is 3.90. The van der Waals surface area contributed by atoms with Gasteiger partial charge in [0, 0.05) is 25.4 Å². The smallest absolute Gasteiger partial charge is 0.118 e. The van der Waals surface area contributed by atoms with Crippen LogP contribution in [0.15, 0.2) is 35.3 Å². The first-order chi connectivity index (χ1) is 10.7. The van der Waals surface area contributed by atoms with Crippen molar-refractivity contribution >= 4 is 0 Å². The average molecular weight is 301 g/mol. The van der Waals surface area contributed by atoms with E-state index in [4.69, 9.17) is 9.15 Å². The lowest BCUT2D eigenvalue weighted by molar-refractivity contribution is -0.0546. The van der Waals surface area contributed by atoms with Crippen LogP contribution in [0.1, 0.15) is 36.8 Å². The first kappa shape index (κ1) is 14.0. The molecule has 22 heavy (non-hydrogen) atoms. The highest BCUT2D eigenvalue weighted by molar-refractivity contribution is 5.06. The summed E-state index contributed by atoms with van der Waals surface area (Å²) in [5, 5.41) is 0. The van der Waals surface area contributed by atoms with Crippen molar-refractivity contribution in [3.05, 3.63) is 42.4 Å². The molecule has 2 saturated heterocycles. The van der Waals surface area contributed by atoms with Gasteiger partial charge in [0.05, 0.1) is 31.1 Å². The Morgan fingerprint density at radius 2 is 2.36 bits per heavy atom. The highest BCUT2D eigenvalue weighted by Gasteiger charge is 2.43. The quantitative estimate of drug-likeness (QED) is 0.874. The zero-order valence-electron chi connectivity index (χ0n) is 13.1. The minimum absolute atomic E-state index is 0.00875. The maximum atomic E-state index is 6.27. The van der Waals surface area contributed by atoms with E-state index in [-0.39, 0.29) is 5.60 Å². The monoisotopic (exact) mass is 301 g/mol. The molecule has 2 aliphatic rings. The Hall–Kier alpha value is -1.59. The van der Waals surface area contributed by atoms with Gasteiger partial charge in [-0.15, -0.1) is 0 Å². The predicted molar refractivity (Wildman–Crippen MR) is 82.5 cm³/mol. The third-order valence-electron chi connectivity index (χ3n) is 4.93. The number of ether oxygens (including phenoxy) is 1. The molecule has 2 aliphatic heterocycles. The van der Waals surface area contributed by atoms with Crippen LogP contribution >= 0.6 is 0 Å². The molecule has 0 saturated carbocycles. The number of hydrogen-bond acceptors (Lipinski definition) is 4. The number of furan rings is 1. The summed E-state index contributed by atoms with van der Waals surface area (Å²) in [6.07, 6.45) is 9.22. The van der Waals surface area contributed by atoms with Gasteiger partial charge in [0.25, 0.3) is 0 Å². The van der Waals surface area contributed by atoms with Crippen molar-refractivity contribution in [2.45, 2.75) is 44.4 Å². The molecule has 0 amide bonds. The Balaban J connectivity index is 1.42. The number of aromatic nitrogens is 2. The number of rotatable bonds is 3. The number of hydrogen-bond donors (Lipinski definition) is 0. The fraction of sp³-hybridized carbons (Fsp3) is 0.588. The van der Waals surface area contributed by atoms with Crippen LogP contribution in [0.25, 0.3) is 0 Å². The van der Waals surface area contributed by atoms with E-state index in [0.29, 0.717) is 6.04 Å². The number of imidazole rings is 1. The highest BCUT2D eigenvalue weighted by Crippen LogP contribution is 2.39. The zero-order chi connectivity index (χ0) is 15.0. The molecule has 4 rings (SSSR count). The van der Waals surface area contributed by atoms with E-state index in [9.17, 15) is 0 Å². The highest BCUT2D eigenvalue weighted by atomic mass is 16.5. The maximum Gasteiger partial charge on any atom is 0.118 e. The molecule has 2 aromatic rings. The number of piperidine rings is 1. The van der Waals surface area contributed by atoms with Crippen LogP contribution in [0.5, 0.6) is 0 Å². The minimum atomic E-state index is 0.00875. The van der Waals surface area contributed by atoms with Crippen LogP contribution in [-0.4, -0.2) is 39.7 Å². The molecule has 0 aromatic carbocycles. The van der Waals surface area contributed by atoms with E-state index in [0.717, 1.165) is 50.6 Å². The van der Waals surface area contributed by atoms with E-state index >= 15 is 0 Å². The largest absolute Gasteiger partial charge is 0.465 e. The second-order valence-electron chi connectivity index (χ2n) is 6.69. The second-order valence-corrected chi connectivity index (χ2v) is 6.69. The lowest BCUT2D eigenvalue weighted by Gasteiger charge is -2.39. The molecule has 0 radical (unpaired) electrons. The van der Waals surface area contributed by atoms with Gasteiger partial charge in [-0.3, -0.25) is 4.90 Å². The first-order valence-electron chi connectivity index (χ1n) is 8.12. The van der Waals surface area contributed by atoms with Crippen molar-refractivity contribution in [1.82, 2.24) is 14.5 Å². The maximum absolute atomic E-state index is 6.27. The Kier molecular flexibility index (Phi) is 3.54. The summed E-state index contributed by atoms with van der Waals surface area (Å²) in [7, 11) is 0. The van der Waals surface area contributed by atoms with E-state index in [1.807, 2.05) is 31.7 Å². The SMILES string of the molecule is Cc1ccc(CN2CCC[C@]3(C[C@@H](n4ccnc4)CO3)C2)o1. The summed E-state index contributed by atoms with van der Waals surface area (Å²) in [6, 6.07) is 4.55. The topological polar surface area (TPSA) is 43.4 Å². The van der Waals surface area contributed by atoms with Crippen LogP contribution < -0.4 is 0 Å². The van der Waals surface area contributed by atoms with E-state index in [1.54, 1.807) is 0 Å². The molecule has 0 bridgehead atoms. The second kappa shape index (κ2) is 5.56. The molecule has 5 nitrogen and oxygen atoms in total. The average Bonchev–Trinajstić information content (AvgIpc) is 3.21. The molecule has 118 valence electrons. The van der Waals surface area contributed by atoms with Gasteiger partial charge in [-0.25, -0.2) is 4.98 Å². The molecular weight excluding hydrogens is 278 g/mol. The molecule has 5 heteroatoms. The van der Waals surface area contributed by atoms with Gasteiger partial charge >= 0.3 is 0 Å². The van der Waals surface area contributed by atoms with Crippen LogP contribution in [0, 0.1) is 6.92 Å². The van der Waals surface area contributed by atoms with Gasteiger partial charge in [-0.2, -0.15) is 0 Å². The summed E-state index contributed by atoms with van der Waals surface area (Å²) < 4.78 is 14.2. The Morgan fingerprint density at radius 1 is 1.41 bits per heavy atom. The summed E-state index contributed by atoms with van der Waals surface area (Å²) in [4.78, 5) is 6.63. The van der Waals surface area contributed by atoms with Crippen molar-refractivity contribution in [2.75, 3.05) is 19.7 Å². The summed E-state index contributed by atoms with van der Waals surface area (Å²) >= 11 is 0. The van der Waals surface area contributed by atoms with Gasteiger partial charge in [0.2, 0.25) is 0 Å². The normalized spacial score (nSPS) is 29.4. The van der Waals surface area contributed by atoms with E-state index in [1.165, 1.54) is 6.42 Å². The van der Waals surface area contributed by atoms with Crippen molar-refractivity contribution < 1.29 is 9.15 Å². The predicted octanol–water partition coefficient (Wildman–Crippen LogP) is 2.78. The fourth-order valence-electron chi connectivity index (χ4n) is 3.90. The molecule has 1 spiro atoms. The van der Waals surface area contributed by atoms with Crippen LogP contribution in [-0.2, 0) is 11.3 Å². The van der Waals surface area contributed by atoms with Crippen molar-refractivity contribution in [2.24, 2.45) is 0 Å². The van der Waals surface area contributed by atoms with E-state index in [2.05, 4.69) is 20.5 Å². The van der Waals surface area contributed by atoms with Crippen molar-refractivity contribution in [3.63, 3.8) is 0 Å². The van der Waals surface area contributed by atoms with Crippen LogP contribution in [0.4, 0.5) is 0 Å². The Morgan fingerprint density at radius 3 is 3.14 bits per heavy atom. The first-order valence-corrected chi connectivity index (χ1v) is 8.12. The summed E-state index contributed by atoms with van der Waals surface area (Å²) in [5.41, 5.74) is 0.00875. The van der Waals surface area contributed by atoms with E-state index < -0.39 is 0 Å². The Bertz CT molecular complexity index is 622. The van der Waals surface area contributed by atoms with Crippen LogP contribution in [0.3, 0.4) is 0 Å². The third kappa shape index (κ3) is 2.71. The number of aryl methyl sites for hydroxylation is 1. The molecule has 2 fully saturated rings. The van der Waals surface area contributed by atoms with Gasteiger partial charge in [0.15, 0.2) is 0 Å². The molecule has 2 aromatic heterocycles. The molecule has 4 heterocycles. The molecule has 0 N–H and O–H groups in total. The van der Waals surface area contributed by atoms with Gasteiger partial charge in [-0.1, -0.05) is 0 Å². The molecular formula is C17H23N3O2. The summed E-state index contributed by atoms with van der Waals surface area (Å²) in [5.74, 6) is 2.04. The molecule has 0 aliphatic carbocycles. The standard InChI is InChI=1S/C17H23N3O2/c1-14-3-4-16(22-14)10-19-7-2-5-17(12-19)9-15(11-21-17)20-8-6-18-13-20/h3-4,6,8,13,15H,2,5,7,9-12H2,1H3/t15-,17+/m1/s1. The zero-order valence-corrected chi connectivity index (χ0v) is 13.1. The number of nitrogens with zero attached hydrogens (tertiary/aromatic N) is 3. The summed E-state index contributed by atoms with van der Waals surface area (Å²) in [6.45, 7) is 5.80.